The number of pyridine rings is 1. The Bertz CT molecular complexity index is 1100. The van der Waals surface area contributed by atoms with E-state index >= 15 is 0 Å². The minimum Gasteiger partial charge on any atom is -0.507 e. The Labute approximate surface area is 176 Å². The van der Waals surface area contributed by atoms with Crippen LogP contribution in [0, 0.1) is 13.8 Å². The molecular formula is C25H29NO2S. The lowest BCUT2D eigenvalue weighted by molar-refractivity contribution is -0.118. The molecule has 0 spiro atoms. The van der Waals surface area contributed by atoms with E-state index in [1.54, 1.807) is 18.3 Å². The smallest absolute Gasteiger partial charge is 0.137 e. The Morgan fingerprint density at radius 2 is 2.00 bits per heavy atom. The summed E-state index contributed by atoms with van der Waals surface area (Å²) in [4.78, 5) is 20.1. The van der Waals surface area contributed by atoms with Crippen LogP contribution in [0.5, 0.6) is 5.75 Å². The molecule has 4 rings (SSSR count). The average molecular weight is 408 g/mol. The third kappa shape index (κ3) is 3.48. The second-order valence-electron chi connectivity index (χ2n) is 8.35. The van der Waals surface area contributed by atoms with E-state index in [1.807, 2.05) is 32.0 Å². The summed E-state index contributed by atoms with van der Waals surface area (Å²) in [5, 5.41) is 12.1. The number of aromatic nitrogens is 1. The van der Waals surface area contributed by atoms with E-state index in [2.05, 4.69) is 6.92 Å². The summed E-state index contributed by atoms with van der Waals surface area (Å²) in [6.07, 6.45) is 6.31. The molecule has 3 nitrogen and oxygen atoms in total. The lowest BCUT2D eigenvalue weighted by Gasteiger charge is -2.23. The third-order valence-electron chi connectivity index (χ3n) is 6.17. The second-order valence-corrected chi connectivity index (χ2v) is 9.43. The van der Waals surface area contributed by atoms with Crippen molar-refractivity contribution in [3.8, 4) is 16.9 Å². The van der Waals surface area contributed by atoms with Crippen molar-refractivity contribution in [1.82, 2.24) is 4.98 Å². The Hall–Kier alpha value is -2.20. The normalized spacial score (nSPS) is 14.8. The molecule has 1 atom stereocenters. The third-order valence-corrected chi connectivity index (χ3v) is 7.36. The number of rotatable bonds is 5. The number of hydrogen-bond donors (Lipinski definition) is 1. The highest BCUT2D eigenvalue weighted by atomic mass is 32.1. The van der Waals surface area contributed by atoms with Gasteiger partial charge in [-0.05, 0) is 75.6 Å². The zero-order valence-electron chi connectivity index (χ0n) is 17.8. The highest BCUT2D eigenvalue weighted by molar-refractivity contribution is 7.19. The highest BCUT2D eigenvalue weighted by Gasteiger charge is 2.29. The first kappa shape index (κ1) is 20.1. The molecule has 1 N–H and O–H groups in total. The number of aryl methyl sites for hydroxylation is 4. The topological polar surface area (TPSA) is 50.2 Å². The van der Waals surface area contributed by atoms with Gasteiger partial charge < -0.3 is 5.11 Å². The molecular weight excluding hydrogens is 378 g/mol. The van der Waals surface area contributed by atoms with E-state index < -0.39 is 0 Å². The van der Waals surface area contributed by atoms with Crippen LogP contribution in [0.4, 0.5) is 0 Å². The summed E-state index contributed by atoms with van der Waals surface area (Å²) >= 11 is 1.80. The van der Waals surface area contributed by atoms with Gasteiger partial charge in [-0.2, -0.15) is 0 Å². The van der Waals surface area contributed by atoms with E-state index in [4.69, 9.17) is 4.98 Å². The number of nitrogens with zero attached hydrogens (tertiary/aromatic N) is 1. The minimum atomic E-state index is -0.188. The van der Waals surface area contributed by atoms with Crippen molar-refractivity contribution >= 4 is 27.3 Å². The van der Waals surface area contributed by atoms with Gasteiger partial charge in [-0.3, -0.25) is 4.79 Å². The molecule has 0 radical (unpaired) electrons. The van der Waals surface area contributed by atoms with Gasteiger partial charge in [0.1, 0.15) is 16.4 Å². The molecule has 3 aromatic rings. The fourth-order valence-electron chi connectivity index (χ4n) is 4.81. The summed E-state index contributed by atoms with van der Waals surface area (Å²) in [5.74, 6) is 0.271. The van der Waals surface area contributed by atoms with Crippen LogP contribution in [0.3, 0.4) is 0 Å². The molecule has 1 aromatic carbocycles. The Morgan fingerprint density at radius 3 is 2.69 bits per heavy atom. The van der Waals surface area contributed by atoms with Crippen LogP contribution in [-0.4, -0.2) is 15.9 Å². The predicted molar refractivity (Wildman–Crippen MR) is 121 cm³/mol. The molecule has 0 bridgehead atoms. The van der Waals surface area contributed by atoms with Crippen LogP contribution in [0.1, 0.15) is 72.7 Å². The van der Waals surface area contributed by atoms with Crippen LogP contribution in [0.2, 0.25) is 0 Å². The van der Waals surface area contributed by atoms with Crippen molar-refractivity contribution in [2.75, 3.05) is 0 Å². The molecule has 2 aromatic heterocycles. The number of benzene rings is 1. The molecule has 0 aliphatic heterocycles. The number of fused-ring (bicyclic) bond motifs is 3. The number of phenols is 1. The van der Waals surface area contributed by atoms with Crippen molar-refractivity contribution in [3.05, 3.63) is 45.5 Å². The van der Waals surface area contributed by atoms with Crippen LogP contribution in [-0.2, 0) is 17.6 Å². The van der Waals surface area contributed by atoms with Crippen LogP contribution < -0.4 is 0 Å². The number of carbonyl (C=O) groups excluding carboxylic acids is 1. The predicted octanol–water partition coefficient (Wildman–Crippen LogP) is 6.64. The molecule has 1 aliphatic carbocycles. The molecule has 0 saturated carbocycles. The molecule has 152 valence electrons. The number of phenolic OH excluding ortho intramolecular Hbond substituents is 1. The van der Waals surface area contributed by atoms with Gasteiger partial charge in [-0.25, -0.2) is 4.98 Å². The number of ketones is 1. The minimum absolute atomic E-state index is 0.174. The van der Waals surface area contributed by atoms with Crippen molar-refractivity contribution < 1.29 is 9.90 Å². The average Bonchev–Trinajstić information content (AvgIpc) is 3.03. The standard InChI is InChI=1S/C25H29NO2S/c1-5-8-17(16(4)27)22-15(3)26-25-24(19-9-6-7-10-21(19)29-25)23(22)18-12-11-14(2)13-20(18)28/h11-13,17,28H,5-10H2,1-4H3. The number of Topliss-reactive ketones (excluding diaryl/α,β-unsaturated/α-hetero) is 1. The number of carbonyl (C=O) groups is 1. The van der Waals surface area contributed by atoms with Gasteiger partial charge in [0.15, 0.2) is 0 Å². The maximum absolute atomic E-state index is 12.7. The lowest BCUT2D eigenvalue weighted by Crippen LogP contribution is -2.13. The van der Waals surface area contributed by atoms with Gasteiger partial charge in [0.05, 0.1) is 0 Å². The maximum Gasteiger partial charge on any atom is 0.137 e. The molecule has 0 saturated heterocycles. The van der Waals surface area contributed by atoms with E-state index in [0.717, 1.165) is 58.5 Å². The van der Waals surface area contributed by atoms with Gasteiger partial charge in [0, 0.05) is 33.0 Å². The van der Waals surface area contributed by atoms with Gasteiger partial charge in [-0.1, -0.05) is 25.5 Å². The molecule has 0 fully saturated rings. The molecule has 0 amide bonds. The van der Waals surface area contributed by atoms with Gasteiger partial charge in [0.25, 0.3) is 0 Å². The van der Waals surface area contributed by atoms with Crippen molar-refractivity contribution in [2.24, 2.45) is 0 Å². The van der Waals surface area contributed by atoms with Crippen LogP contribution in [0.15, 0.2) is 18.2 Å². The first-order valence-corrected chi connectivity index (χ1v) is 11.5. The van der Waals surface area contributed by atoms with Crippen molar-refractivity contribution in [1.29, 1.82) is 0 Å². The zero-order valence-corrected chi connectivity index (χ0v) is 18.6. The summed E-state index contributed by atoms with van der Waals surface area (Å²) in [6, 6.07) is 5.88. The molecule has 4 heteroatoms. The number of thiophene rings is 1. The fraction of sp³-hybridized carbons (Fsp3) is 0.440. The monoisotopic (exact) mass is 407 g/mol. The van der Waals surface area contributed by atoms with E-state index in [9.17, 15) is 9.90 Å². The second kappa shape index (κ2) is 7.91. The Kier molecular flexibility index (Phi) is 5.48. The lowest BCUT2D eigenvalue weighted by atomic mass is 9.81. The number of hydrogen-bond acceptors (Lipinski definition) is 4. The maximum atomic E-state index is 12.7. The summed E-state index contributed by atoms with van der Waals surface area (Å²) < 4.78 is 0. The summed E-state index contributed by atoms with van der Waals surface area (Å²) in [7, 11) is 0. The molecule has 1 aliphatic rings. The van der Waals surface area contributed by atoms with Gasteiger partial charge >= 0.3 is 0 Å². The van der Waals surface area contributed by atoms with E-state index in [-0.39, 0.29) is 17.5 Å². The Balaban J connectivity index is 2.13. The highest BCUT2D eigenvalue weighted by Crippen LogP contribution is 2.47. The summed E-state index contributed by atoms with van der Waals surface area (Å²) in [5.41, 5.74) is 6.21. The van der Waals surface area contributed by atoms with Crippen molar-refractivity contribution in [3.63, 3.8) is 0 Å². The number of aromatic hydroxyl groups is 1. The van der Waals surface area contributed by atoms with Crippen LogP contribution in [0.25, 0.3) is 21.3 Å². The van der Waals surface area contributed by atoms with E-state index in [0.29, 0.717) is 0 Å². The zero-order chi connectivity index (χ0) is 20.7. The Morgan fingerprint density at radius 1 is 1.24 bits per heavy atom. The quantitative estimate of drug-likeness (QED) is 0.516. The molecule has 2 heterocycles. The van der Waals surface area contributed by atoms with Gasteiger partial charge in [0.2, 0.25) is 0 Å². The SMILES string of the molecule is CCCC(C(C)=O)c1c(C)nc2sc3c(c2c1-c1ccc(C)cc1O)CCCC3. The van der Waals surface area contributed by atoms with Crippen LogP contribution >= 0.6 is 11.3 Å². The molecule has 1 unspecified atom stereocenters. The first-order valence-electron chi connectivity index (χ1n) is 10.7. The first-order chi connectivity index (χ1) is 13.9. The van der Waals surface area contributed by atoms with E-state index in [1.165, 1.54) is 28.7 Å². The fourth-order valence-corrected chi connectivity index (χ4v) is 6.13. The van der Waals surface area contributed by atoms with Gasteiger partial charge in [-0.15, -0.1) is 11.3 Å². The molecule has 29 heavy (non-hydrogen) atoms. The summed E-state index contributed by atoms with van der Waals surface area (Å²) in [6.45, 7) is 7.81. The largest absolute Gasteiger partial charge is 0.507 e. The van der Waals surface area contributed by atoms with Crippen molar-refractivity contribution in [2.45, 2.75) is 72.1 Å².